The molecular weight excluding hydrogens is 262 g/mol. The Hall–Kier alpha value is -1.55. The molecule has 2 aliphatic heterocycles. The number of hydrogen-bond donors (Lipinski definition) is 2. The fraction of sp³-hybridized carbons (Fsp3) is 0.588. The third-order valence-corrected chi connectivity index (χ3v) is 4.79. The molecule has 1 aromatic carbocycles. The molecule has 2 atom stereocenters. The van der Waals surface area contributed by atoms with Crippen molar-refractivity contribution in [2.45, 2.75) is 50.6 Å². The molecule has 21 heavy (non-hydrogen) atoms. The number of fused-ring (bicyclic) bond motifs is 1. The van der Waals surface area contributed by atoms with Crippen molar-refractivity contribution >= 4 is 11.6 Å². The first kappa shape index (κ1) is 14.4. The van der Waals surface area contributed by atoms with Crippen molar-refractivity contribution in [2.24, 2.45) is 0 Å². The Labute approximate surface area is 126 Å². The highest BCUT2D eigenvalue weighted by Gasteiger charge is 2.35. The van der Waals surface area contributed by atoms with Crippen LogP contribution in [0.3, 0.4) is 0 Å². The fourth-order valence-electron chi connectivity index (χ4n) is 3.70. The lowest BCUT2D eigenvalue weighted by Gasteiger charge is -2.32. The van der Waals surface area contributed by atoms with Crippen LogP contribution >= 0.6 is 0 Å². The number of carbonyl (C=O) groups is 1. The minimum Gasteiger partial charge on any atom is -0.399 e. The number of nitrogens with one attached hydrogen (secondary N) is 1. The molecule has 0 saturated carbocycles. The van der Waals surface area contributed by atoms with Crippen LogP contribution < -0.4 is 11.1 Å². The SMILES string of the molecule is Nc1cccc(CCC(=O)NC2CCN3CCCCC23)c1. The molecule has 2 unspecified atom stereocenters. The average Bonchev–Trinajstić information content (AvgIpc) is 2.89. The van der Waals surface area contributed by atoms with Crippen molar-refractivity contribution in [3.05, 3.63) is 29.8 Å². The lowest BCUT2D eigenvalue weighted by Crippen LogP contribution is -2.46. The van der Waals surface area contributed by atoms with E-state index < -0.39 is 0 Å². The third kappa shape index (κ3) is 3.56. The fourth-order valence-corrected chi connectivity index (χ4v) is 3.70. The van der Waals surface area contributed by atoms with Gasteiger partial charge in [0, 0.05) is 30.7 Å². The molecule has 2 fully saturated rings. The molecule has 0 bridgehead atoms. The van der Waals surface area contributed by atoms with Gasteiger partial charge in [0.05, 0.1) is 0 Å². The summed E-state index contributed by atoms with van der Waals surface area (Å²) in [4.78, 5) is 14.7. The van der Waals surface area contributed by atoms with Crippen molar-refractivity contribution < 1.29 is 4.79 Å². The number of amides is 1. The van der Waals surface area contributed by atoms with Crippen molar-refractivity contribution in [1.82, 2.24) is 10.2 Å². The van der Waals surface area contributed by atoms with E-state index in [2.05, 4.69) is 10.2 Å². The molecule has 1 aromatic rings. The van der Waals surface area contributed by atoms with Crippen molar-refractivity contribution in [2.75, 3.05) is 18.8 Å². The number of benzene rings is 1. The Morgan fingerprint density at radius 2 is 2.19 bits per heavy atom. The predicted molar refractivity (Wildman–Crippen MR) is 84.9 cm³/mol. The summed E-state index contributed by atoms with van der Waals surface area (Å²) in [5.74, 6) is 0.176. The number of hydrogen-bond acceptors (Lipinski definition) is 3. The van der Waals surface area contributed by atoms with Crippen molar-refractivity contribution in [3.63, 3.8) is 0 Å². The number of piperidine rings is 1. The Kier molecular flexibility index (Phi) is 4.44. The number of nitrogen functional groups attached to an aromatic ring is 1. The van der Waals surface area contributed by atoms with Gasteiger partial charge in [-0.25, -0.2) is 0 Å². The maximum Gasteiger partial charge on any atom is 0.220 e. The maximum atomic E-state index is 12.2. The zero-order valence-electron chi connectivity index (χ0n) is 12.6. The molecule has 0 spiro atoms. The molecule has 1 amide bonds. The normalized spacial score (nSPS) is 25.5. The number of anilines is 1. The molecule has 0 aromatic heterocycles. The standard InChI is InChI=1S/C17H25N3O/c18-14-5-3-4-13(12-14)7-8-17(21)19-15-9-11-20-10-2-1-6-16(15)20/h3-5,12,15-16H,1-2,6-11,18H2,(H,19,21). The van der Waals surface area contributed by atoms with Crippen molar-refractivity contribution in [1.29, 1.82) is 0 Å². The van der Waals surface area contributed by atoms with E-state index in [1.807, 2.05) is 24.3 Å². The second kappa shape index (κ2) is 6.48. The molecule has 2 aliphatic rings. The molecule has 2 saturated heterocycles. The summed E-state index contributed by atoms with van der Waals surface area (Å²) >= 11 is 0. The van der Waals surface area contributed by atoms with Gasteiger partial charge in [0.2, 0.25) is 5.91 Å². The van der Waals surface area contributed by atoms with Crippen LogP contribution in [0.25, 0.3) is 0 Å². The number of nitrogens with zero attached hydrogens (tertiary/aromatic N) is 1. The highest BCUT2D eigenvalue weighted by Crippen LogP contribution is 2.27. The van der Waals surface area contributed by atoms with Crippen LogP contribution in [0.15, 0.2) is 24.3 Å². The van der Waals surface area contributed by atoms with Gasteiger partial charge in [-0.15, -0.1) is 0 Å². The van der Waals surface area contributed by atoms with E-state index in [0.29, 0.717) is 18.5 Å². The number of aryl methyl sites for hydroxylation is 1. The molecule has 3 rings (SSSR count). The molecule has 0 aliphatic carbocycles. The van der Waals surface area contributed by atoms with Gasteiger partial charge in [-0.05, 0) is 49.9 Å². The second-order valence-electron chi connectivity index (χ2n) is 6.31. The minimum absolute atomic E-state index is 0.176. The second-order valence-corrected chi connectivity index (χ2v) is 6.31. The van der Waals surface area contributed by atoms with Crippen LogP contribution in [0.4, 0.5) is 5.69 Å². The van der Waals surface area contributed by atoms with E-state index in [-0.39, 0.29) is 5.91 Å². The Balaban J connectivity index is 1.48. The van der Waals surface area contributed by atoms with Crippen LogP contribution in [0, 0.1) is 0 Å². The highest BCUT2D eigenvalue weighted by molar-refractivity contribution is 5.76. The summed E-state index contributed by atoms with van der Waals surface area (Å²) in [6.45, 7) is 2.35. The third-order valence-electron chi connectivity index (χ3n) is 4.79. The van der Waals surface area contributed by atoms with Gasteiger partial charge < -0.3 is 11.1 Å². The molecule has 2 heterocycles. The van der Waals surface area contributed by atoms with Crippen LogP contribution in [0.5, 0.6) is 0 Å². The number of carbonyl (C=O) groups excluding carboxylic acids is 1. The molecule has 114 valence electrons. The van der Waals surface area contributed by atoms with Crippen molar-refractivity contribution in [3.8, 4) is 0 Å². The highest BCUT2D eigenvalue weighted by atomic mass is 16.1. The van der Waals surface area contributed by atoms with Gasteiger partial charge in [-0.2, -0.15) is 0 Å². The van der Waals surface area contributed by atoms with Gasteiger partial charge in [-0.1, -0.05) is 18.6 Å². The van der Waals surface area contributed by atoms with Gasteiger partial charge in [0.1, 0.15) is 0 Å². The zero-order valence-corrected chi connectivity index (χ0v) is 12.6. The summed E-state index contributed by atoms with van der Waals surface area (Å²) in [6, 6.07) is 8.74. The van der Waals surface area contributed by atoms with E-state index >= 15 is 0 Å². The van der Waals surface area contributed by atoms with Gasteiger partial charge in [0.15, 0.2) is 0 Å². The van der Waals surface area contributed by atoms with Crippen LogP contribution in [-0.4, -0.2) is 36.0 Å². The topological polar surface area (TPSA) is 58.4 Å². The molecular formula is C17H25N3O. The van der Waals surface area contributed by atoms with Crippen LogP contribution in [0.1, 0.15) is 37.7 Å². The monoisotopic (exact) mass is 287 g/mol. The first-order chi connectivity index (χ1) is 10.2. The number of rotatable bonds is 4. The summed E-state index contributed by atoms with van der Waals surface area (Å²) in [7, 11) is 0. The predicted octanol–water partition coefficient (Wildman–Crippen LogP) is 1.94. The van der Waals surface area contributed by atoms with Crippen LogP contribution in [-0.2, 0) is 11.2 Å². The van der Waals surface area contributed by atoms with E-state index in [1.165, 1.54) is 25.8 Å². The quantitative estimate of drug-likeness (QED) is 0.832. The maximum absolute atomic E-state index is 12.2. The first-order valence-electron chi connectivity index (χ1n) is 8.10. The largest absolute Gasteiger partial charge is 0.399 e. The van der Waals surface area contributed by atoms with Gasteiger partial charge in [-0.3, -0.25) is 9.69 Å². The van der Waals surface area contributed by atoms with Gasteiger partial charge >= 0.3 is 0 Å². The first-order valence-corrected chi connectivity index (χ1v) is 8.10. The van der Waals surface area contributed by atoms with E-state index in [0.717, 1.165) is 30.6 Å². The summed E-state index contributed by atoms with van der Waals surface area (Å²) in [5.41, 5.74) is 7.66. The lowest BCUT2D eigenvalue weighted by atomic mass is 9.99. The zero-order chi connectivity index (χ0) is 14.7. The van der Waals surface area contributed by atoms with Gasteiger partial charge in [0.25, 0.3) is 0 Å². The molecule has 4 heteroatoms. The molecule has 3 N–H and O–H groups in total. The summed E-state index contributed by atoms with van der Waals surface area (Å²) in [5, 5.41) is 3.25. The Morgan fingerprint density at radius 3 is 3.05 bits per heavy atom. The summed E-state index contributed by atoms with van der Waals surface area (Å²) in [6.07, 6.45) is 6.27. The number of nitrogens with two attached hydrogens (primary N) is 1. The van der Waals surface area contributed by atoms with E-state index in [9.17, 15) is 4.79 Å². The lowest BCUT2D eigenvalue weighted by molar-refractivity contribution is -0.122. The minimum atomic E-state index is 0.176. The summed E-state index contributed by atoms with van der Waals surface area (Å²) < 4.78 is 0. The molecule has 4 nitrogen and oxygen atoms in total. The van der Waals surface area contributed by atoms with Crippen LogP contribution in [0.2, 0.25) is 0 Å². The smallest absolute Gasteiger partial charge is 0.220 e. The van der Waals surface area contributed by atoms with E-state index in [4.69, 9.17) is 5.73 Å². The van der Waals surface area contributed by atoms with E-state index in [1.54, 1.807) is 0 Å². The molecule has 0 radical (unpaired) electrons. The Morgan fingerprint density at radius 1 is 1.29 bits per heavy atom. The Bertz CT molecular complexity index is 503. The average molecular weight is 287 g/mol.